The van der Waals surface area contributed by atoms with Gasteiger partial charge in [0.25, 0.3) is 0 Å². The molecule has 1 aliphatic carbocycles. The van der Waals surface area contributed by atoms with Gasteiger partial charge in [0, 0.05) is 48.6 Å². The van der Waals surface area contributed by atoms with Gasteiger partial charge < -0.3 is 36.1 Å². The van der Waals surface area contributed by atoms with Crippen LogP contribution >= 0.6 is 35.0 Å². The van der Waals surface area contributed by atoms with Gasteiger partial charge in [0.1, 0.15) is 5.70 Å². The minimum atomic E-state index is -1.26. The summed E-state index contributed by atoms with van der Waals surface area (Å²) in [5, 5.41) is 30.7. The Kier molecular flexibility index (Phi) is 22.2. The average molecular weight is 685 g/mol. The molecule has 44 heavy (non-hydrogen) atoms. The fraction of sp³-hybridized carbons (Fsp3) is 0.600. The summed E-state index contributed by atoms with van der Waals surface area (Å²) in [6.45, 7) is 5.50. The number of nitrogens with one attached hydrogen (secondary N) is 1. The normalized spacial score (nSPS) is 15.6. The van der Waals surface area contributed by atoms with Crippen molar-refractivity contribution in [2.45, 2.75) is 64.8 Å². The van der Waals surface area contributed by atoms with E-state index < -0.39 is 23.9 Å². The second kappa shape index (κ2) is 22.9. The predicted molar refractivity (Wildman–Crippen MR) is 171 cm³/mol. The van der Waals surface area contributed by atoms with Crippen molar-refractivity contribution in [3.05, 3.63) is 41.6 Å². The fourth-order valence-electron chi connectivity index (χ4n) is 4.09. The maximum absolute atomic E-state index is 11.9. The molecule has 0 radical (unpaired) electrons. The molecule has 2 rings (SSSR count). The maximum atomic E-state index is 11.9. The van der Waals surface area contributed by atoms with Gasteiger partial charge >= 0.3 is 41.5 Å². The Bertz CT molecular complexity index is 1070. The van der Waals surface area contributed by atoms with E-state index in [1.165, 1.54) is 17.8 Å². The van der Waals surface area contributed by atoms with Crippen molar-refractivity contribution in [1.29, 1.82) is 0 Å². The smallest absolute Gasteiger partial charge is 0.548 e. The molecule has 1 aliphatic rings. The molecule has 0 unspecified atom stereocenters. The summed E-state index contributed by atoms with van der Waals surface area (Å²) in [5.41, 5.74) is 7.46. The first-order valence-electron chi connectivity index (χ1n) is 14.3. The summed E-state index contributed by atoms with van der Waals surface area (Å²) in [4.78, 5) is 46.1. The molecule has 1 aromatic rings. The Morgan fingerprint density at radius 3 is 2.18 bits per heavy atom. The Labute approximate surface area is 296 Å². The number of allylic oxidation sites excluding steroid dienone is 1. The monoisotopic (exact) mass is 683 g/mol. The Balaban J connectivity index is 0.000000843. The summed E-state index contributed by atoms with van der Waals surface area (Å²) in [6.07, 6.45) is 6.05. The number of alkyl halides is 2. The van der Waals surface area contributed by atoms with Crippen molar-refractivity contribution < 1.29 is 64.1 Å². The number of rotatable bonds is 20. The third kappa shape index (κ3) is 17.9. The second-order valence-electron chi connectivity index (χ2n) is 10.9. The van der Waals surface area contributed by atoms with E-state index in [-0.39, 0.29) is 58.9 Å². The van der Waals surface area contributed by atoms with Crippen LogP contribution < -0.4 is 50.6 Å². The number of unbranched alkanes of at least 4 members (excludes halogenated alkanes) is 2. The molecule has 0 spiro atoms. The van der Waals surface area contributed by atoms with Crippen molar-refractivity contribution in [2.24, 2.45) is 17.1 Å². The first-order chi connectivity index (χ1) is 20.3. The Hall–Kier alpha value is -1.47. The second-order valence-corrected chi connectivity index (χ2v) is 12.8. The van der Waals surface area contributed by atoms with Crippen LogP contribution in [0.4, 0.5) is 5.69 Å². The third-order valence-electron chi connectivity index (χ3n) is 6.88. The molecule has 0 aliphatic heterocycles. The summed E-state index contributed by atoms with van der Waals surface area (Å²) < 4.78 is 0. The number of thioether (sulfide) groups is 1. The molecule has 0 aromatic heterocycles. The number of nitrogens with zero attached hydrogens (tertiary/aromatic N) is 1. The largest absolute Gasteiger partial charge is 1.00 e. The molecular formula is C30H44Cl2N3NaO7S. The minimum Gasteiger partial charge on any atom is -0.548 e. The third-order valence-corrected chi connectivity index (χ3v) is 8.39. The first kappa shape index (κ1) is 42.5. The van der Waals surface area contributed by atoms with Crippen molar-refractivity contribution in [3.8, 4) is 0 Å². The number of halogens is 2. The van der Waals surface area contributed by atoms with Crippen LogP contribution in [0.3, 0.4) is 0 Å². The van der Waals surface area contributed by atoms with Crippen LogP contribution in [0.2, 0.25) is 0 Å². The maximum Gasteiger partial charge on any atom is 1.00 e. The number of hydrogen-bond acceptors (Lipinski definition) is 8. The minimum absolute atomic E-state index is 0. The van der Waals surface area contributed by atoms with Crippen LogP contribution in [0.1, 0.15) is 57.9 Å². The molecule has 1 saturated carbocycles. The zero-order valence-electron chi connectivity index (χ0n) is 25.9. The molecule has 0 bridgehead atoms. The van der Waals surface area contributed by atoms with E-state index in [1.54, 1.807) is 0 Å². The molecule has 242 valence electrons. The summed E-state index contributed by atoms with van der Waals surface area (Å²) in [5.74, 6) is -1.33. The molecule has 5 N–H and O–H groups in total. The van der Waals surface area contributed by atoms with Crippen LogP contribution in [-0.2, 0) is 25.6 Å². The van der Waals surface area contributed by atoms with Crippen LogP contribution in [0.5, 0.6) is 0 Å². The van der Waals surface area contributed by atoms with E-state index in [0.29, 0.717) is 30.4 Å². The van der Waals surface area contributed by atoms with Gasteiger partial charge in [-0.2, -0.15) is 11.8 Å². The molecule has 2 atom stereocenters. The van der Waals surface area contributed by atoms with E-state index in [2.05, 4.69) is 10.2 Å². The summed E-state index contributed by atoms with van der Waals surface area (Å²) in [6, 6.07) is 7.18. The summed E-state index contributed by atoms with van der Waals surface area (Å²) in [7, 11) is 0. The molecule has 0 saturated heterocycles. The number of aliphatic carboxylic acids is 3. The van der Waals surface area contributed by atoms with Gasteiger partial charge in [-0.3, -0.25) is 9.59 Å². The molecular weight excluding hydrogens is 640 g/mol. The number of hydrogen-bond donors (Lipinski definition) is 4. The number of carbonyl (C=O) groups excluding carboxylic acids is 2. The van der Waals surface area contributed by atoms with E-state index >= 15 is 0 Å². The number of anilines is 1. The molecule has 1 amide bonds. The quantitative estimate of drug-likeness (QED) is 0.0655. The Morgan fingerprint density at radius 2 is 1.70 bits per heavy atom. The standard InChI is InChI=1S/C16H26N2O5S.C14H19Cl2NO2.Na/c1-16(2)8-10(16)13(19)18-12(15(22)23)6-4-3-5-7-24-9-11(17)14(20)21;15-8-10-17(11-9-16)13-6-4-12(5-7-13)2-1-3-14(18)19;/h6,10-11H,3-5,7-9,17H2,1-2H3,(H,18,19)(H,20,21)(H,22,23);4-7H,1-3,8-11H2,(H,18,19);/q;;+1/p-1/b12-6-;;/t10-,11+;;/m1../s1. The van der Waals surface area contributed by atoms with Gasteiger partial charge in [-0.25, -0.2) is 4.79 Å². The average Bonchev–Trinajstić information content (AvgIpc) is 3.59. The SMILES string of the molecule is CC1(C)C[C@@H]1C(=O)N/C(=C\CCCCSC[C@H](N)C(=O)[O-])C(=O)O.O=C(O)CCCc1ccc(N(CCCl)CCCl)cc1.[Na+]. The topological polar surface area (TPSA) is 173 Å². The molecule has 10 nitrogen and oxygen atoms in total. The van der Waals surface area contributed by atoms with E-state index in [4.69, 9.17) is 39.1 Å². The number of carboxylic acids is 3. The van der Waals surface area contributed by atoms with E-state index in [1.807, 2.05) is 38.1 Å². The molecule has 14 heteroatoms. The number of aryl methyl sites for hydroxylation is 1. The first-order valence-corrected chi connectivity index (χ1v) is 16.5. The number of benzene rings is 1. The number of carboxylic acid groups (broad SMARTS) is 3. The van der Waals surface area contributed by atoms with Gasteiger partial charge in [-0.05, 0) is 67.4 Å². The zero-order valence-corrected chi connectivity index (χ0v) is 30.2. The van der Waals surface area contributed by atoms with Crippen molar-refractivity contribution in [1.82, 2.24) is 5.32 Å². The fourth-order valence-corrected chi connectivity index (χ4v) is 5.46. The van der Waals surface area contributed by atoms with Crippen LogP contribution in [0.25, 0.3) is 0 Å². The number of nitrogens with two attached hydrogens (primary N) is 1. The van der Waals surface area contributed by atoms with Gasteiger partial charge in [-0.15, -0.1) is 23.2 Å². The van der Waals surface area contributed by atoms with Gasteiger partial charge in [0.15, 0.2) is 0 Å². The van der Waals surface area contributed by atoms with Crippen molar-refractivity contribution in [3.63, 3.8) is 0 Å². The predicted octanol–water partition coefficient (Wildman–Crippen LogP) is 0.480. The van der Waals surface area contributed by atoms with Crippen LogP contribution in [-0.4, -0.2) is 76.4 Å². The van der Waals surface area contributed by atoms with Gasteiger partial charge in [0.05, 0.1) is 12.0 Å². The zero-order chi connectivity index (χ0) is 32.4. The number of carbonyl (C=O) groups is 4. The molecule has 0 heterocycles. The Morgan fingerprint density at radius 1 is 1.11 bits per heavy atom. The van der Waals surface area contributed by atoms with Crippen molar-refractivity contribution >= 4 is 64.5 Å². The van der Waals surface area contributed by atoms with Gasteiger partial charge in [-0.1, -0.05) is 32.1 Å². The molecule has 1 fully saturated rings. The van der Waals surface area contributed by atoms with E-state index in [0.717, 1.165) is 55.8 Å². The molecule has 1 aromatic carbocycles. The summed E-state index contributed by atoms with van der Waals surface area (Å²) >= 11 is 13.0. The van der Waals surface area contributed by atoms with Crippen molar-refractivity contribution in [2.75, 3.05) is 41.3 Å². The van der Waals surface area contributed by atoms with Gasteiger partial charge in [0.2, 0.25) is 5.91 Å². The van der Waals surface area contributed by atoms with Crippen LogP contribution in [0.15, 0.2) is 36.0 Å². The van der Waals surface area contributed by atoms with E-state index in [9.17, 15) is 24.3 Å². The van der Waals surface area contributed by atoms with Crippen LogP contribution in [0, 0.1) is 11.3 Å². The number of amides is 1.